The van der Waals surface area contributed by atoms with Crippen molar-refractivity contribution in [2.24, 2.45) is 0 Å². The summed E-state index contributed by atoms with van der Waals surface area (Å²) >= 11 is 0. The predicted molar refractivity (Wildman–Crippen MR) is 60.3 cm³/mol. The molecule has 1 aliphatic rings. The van der Waals surface area contributed by atoms with Gasteiger partial charge in [-0.3, -0.25) is 0 Å². The third-order valence-corrected chi connectivity index (χ3v) is 2.66. The van der Waals surface area contributed by atoms with E-state index in [1.54, 1.807) is 0 Å². The molecule has 0 spiro atoms. The van der Waals surface area contributed by atoms with Gasteiger partial charge in [-0.15, -0.1) is 0 Å². The van der Waals surface area contributed by atoms with Gasteiger partial charge in [0.1, 0.15) is 6.42 Å². The quantitative estimate of drug-likeness (QED) is 0.589. The normalized spacial score (nSPS) is 15.9. The SMILES string of the molecule is CC(C)(C)[N+]1=Cc2ccccc2CC1=O. The van der Waals surface area contributed by atoms with Crippen molar-refractivity contribution < 1.29 is 9.37 Å². The fraction of sp³-hybridized carbons (Fsp3) is 0.385. The Morgan fingerprint density at radius 3 is 2.53 bits per heavy atom. The van der Waals surface area contributed by atoms with Gasteiger partial charge in [0.15, 0.2) is 11.8 Å². The molecule has 2 heteroatoms. The zero-order chi connectivity index (χ0) is 11.1. The van der Waals surface area contributed by atoms with Crippen molar-refractivity contribution in [3.63, 3.8) is 0 Å². The predicted octanol–water partition coefficient (Wildman–Crippen LogP) is 2.00. The molecule has 1 amide bonds. The van der Waals surface area contributed by atoms with Crippen molar-refractivity contribution in [2.75, 3.05) is 0 Å². The summed E-state index contributed by atoms with van der Waals surface area (Å²) in [5.41, 5.74) is 2.15. The number of nitrogens with zero attached hydrogens (tertiary/aromatic N) is 1. The first-order chi connectivity index (χ1) is 6.98. The smallest absolute Gasteiger partial charge is 0.219 e. The molecule has 0 aliphatic carbocycles. The lowest BCUT2D eigenvalue weighted by molar-refractivity contribution is -0.517. The molecule has 1 aromatic rings. The molecule has 0 saturated heterocycles. The van der Waals surface area contributed by atoms with Crippen LogP contribution in [0, 0.1) is 0 Å². The molecule has 2 nitrogen and oxygen atoms in total. The molecule has 0 N–H and O–H groups in total. The number of carbonyl (C=O) groups excluding carboxylic acids is 1. The molecule has 0 bridgehead atoms. The van der Waals surface area contributed by atoms with Crippen LogP contribution in [0.3, 0.4) is 0 Å². The highest BCUT2D eigenvalue weighted by Crippen LogP contribution is 2.17. The van der Waals surface area contributed by atoms with E-state index in [2.05, 4.69) is 26.8 Å². The molecule has 78 valence electrons. The van der Waals surface area contributed by atoms with Gasteiger partial charge in [-0.1, -0.05) is 18.2 Å². The van der Waals surface area contributed by atoms with Crippen LogP contribution in [0.25, 0.3) is 0 Å². The van der Waals surface area contributed by atoms with E-state index in [4.69, 9.17) is 0 Å². The van der Waals surface area contributed by atoms with Crippen LogP contribution in [-0.4, -0.2) is 22.2 Å². The number of rotatable bonds is 0. The average Bonchev–Trinajstić information content (AvgIpc) is 2.15. The van der Waals surface area contributed by atoms with Gasteiger partial charge >= 0.3 is 5.91 Å². The molecule has 1 aliphatic heterocycles. The Morgan fingerprint density at radius 1 is 1.20 bits per heavy atom. The second-order valence-corrected chi connectivity index (χ2v) is 4.94. The first-order valence-corrected chi connectivity index (χ1v) is 5.23. The van der Waals surface area contributed by atoms with Crippen LogP contribution >= 0.6 is 0 Å². The van der Waals surface area contributed by atoms with Gasteiger partial charge in [0.05, 0.1) is 0 Å². The number of fused-ring (bicyclic) bond motifs is 1. The number of amides is 1. The highest BCUT2D eigenvalue weighted by molar-refractivity contribution is 5.89. The number of hydrogen-bond donors (Lipinski definition) is 0. The zero-order valence-electron chi connectivity index (χ0n) is 9.45. The first kappa shape index (κ1) is 10.1. The first-order valence-electron chi connectivity index (χ1n) is 5.23. The summed E-state index contributed by atoms with van der Waals surface area (Å²) in [6.07, 6.45) is 2.48. The van der Waals surface area contributed by atoms with Crippen molar-refractivity contribution in [2.45, 2.75) is 32.7 Å². The monoisotopic (exact) mass is 202 g/mol. The van der Waals surface area contributed by atoms with Gasteiger partial charge in [0.25, 0.3) is 0 Å². The molecule has 0 saturated carbocycles. The topological polar surface area (TPSA) is 20.1 Å². The summed E-state index contributed by atoms with van der Waals surface area (Å²) in [7, 11) is 0. The lowest BCUT2D eigenvalue weighted by Gasteiger charge is -2.19. The summed E-state index contributed by atoms with van der Waals surface area (Å²) in [5.74, 6) is 0.182. The summed E-state index contributed by atoms with van der Waals surface area (Å²) in [6.45, 7) is 6.15. The van der Waals surface area contributed by atoms with E-state index in [1.165, 1.54) is 0 Å². The fourth-order valence-corrected chi connectivity index (χ4v) is 1.85. The molecular weight excluding hydrogens is 186 g/mol. The summed E-state index contributed by atoms with van der Waals surface area (Å²) in [6, 6.07) is 8.06. The molecule has 1 aromatic carbocycles. The van der Waals surface area contributed by atoms with Crippen LogP contribution in [-0.2, 0) is 11.2 Å². The van der Waals surface area contributed by atoms with E-state index in [9.17, 15) is 4.79 Å². The highest BCUT2D eigenvalue weighted by atomic mass is 16.2. The maximum atomic E-state index is 11.9. The van der Waals surface area contributed by atoms with E-state index < -0.39 is 0 Å². The lowest BCUT2D eigenvalue weighted by atomic mass is 9.98. The van der Waals surface area contributed by atoms with Crippen LogP contribution < -0.4 is 0 Å². The number of benzene rings is 1. The fourth-order valence-electron chi connectivity index (χ4n) is 1.85. The second kappa shape index (κ2) is 3.30. The van der Waals surface area contributed by atoms with Gasteiger partial charge < -0.3 is 0 Å². The van der Waals surface area contributed by atoms with Gasteiger partial charge in [0, 0.05) is 26.3 Å². The van der Waals surface area contributed by atoms with Crippen LogP contribution in [0.5, 0.6) is 0 Å². The molecule has 0 radical (unpaired) electrons. The molecule has 1 heterocycles. The summed E-state index contributed by atoms with van der Waals surface area (Å²) < 4.78 is 1.83. The van der Waals surface area contributed by atoms with Gasteiger partial charge in [-0.2, -0.15) is 4.58 Å². The molecular formula is C13H16NO+. The maximum absolute atomic E-state index is 11.9. The van der Waals surface area contributed by atoms with E-state index in [-0.39, 0.29) is 11.4 Å². The Hall–Kier alpha value is -1.44. The van der Waals surface area contributed by atoms with E-state index in [0.29, 0.717) is 6.42 Å². The van der Waals surface area contributed by atoms with Crippen LogP contribution in [0.15, 0.2) is 24.3 Å². The molecule has 2 rings (SSSR count). The Balaban J connectivity index is 2.53. The van der Waals surface area contributed by atoms with Gasteiger partial charge in [-0.25, -0.2) is 4.79 Å². The third-order valence-electron chi connectivity index (χ3n) is 2.66. The molecule has 0 unspecified atom stereocenters. The summed E-state index contributed by atoms with van der Waals surface area (Å²) in [4.78, 5) is 11.9. The Labute approximate surface area is 90.2 Å². The maximum Gasteiger partial charge on any atom is 0.391 e. The van der Waals surface area contributed by atoms with Crippen LogP contribution in [0.2, 0.25) is 0 Å². The van der Waals surface area contributed by atoms with E-state index in [1.807, 2.05) is 29.0 Å². The Morgan fingerprint density at radius 2 is 1.87 bits per heavy atom. The van der Waals surface area contributed by atoms with Gasteiger partial charge in [-0.05, 0) is 11.6 Å². The van der Waals surface area contributed by atoms with Crippen molar-refractivity contribution in [3.05, 3.63) is 35.4 Å². The highest BCUT2D eigenvalue weighted by Gasteiger charge is 2.34. The number of hydrogen-bond acceptors (Lipinski definition) is 1. The molecule has 0 atom stereocenters. The Kier molecular flexibility index (Phi) is 2.22. The van der Waals surface area contributed by atoms with E-state index >= 15 is 0 Å². The minimum absolute atomic E-state index is 0.134. The van der Waals surface area contributed by atoms with Crippen molar-refractivity contribution >= 4 is 12.1 Å². The molecule has 0 aromatic heterocycles. The van der Waals surface area contributed by atoms with Crippen LogP contribution in [0.4, 0.5) is 0 Å². The largest absolute Gasteiger partial charge is 0.391 e. The second-order valence-electron chi connectivity index (χ2n) is 4.94. The standard InChI is InChI=1S/C13H16NO/c1-13(2,3)14-9-11-7-5-4-6-10(11)8-12(14)15/h4-7,9H,8H2,1-3H3/q+1. The Bertz CT molecular complexity index is 438. The van der Waals surface area contributed by atoms with Crippen molar-refractivity contribution in [3.8, 4) is 0 Å². The third kappa shape index (κ3) is 1.84. The summed E-state index contributed by atoms with van der Waals surface area (Å²) in [5, 5.41) is 0. The van der Waals surface area contributed by atoms with Gasteiger partial charge in [0.2, 0.25) is 0 Å². The minimum Gasteiger partial charge on any atom is -0.219 e. The van der Waals surface area contributed by atoms with E-state index in [0.717, 1.165) is 11.1 Å². The molecule has 15 heavy (non-hydrogen) atoms. The lowest BCUT2D eigenvalue weighted by Crippen LogP contribution is -2.41. The van der Waals surface area contributed by atoms with Crippen LogP contribution in [0.1, 0.15) is 31.9 Å². The average molecular weight is 202 g/mol. The van der Waals surface area contributed by atoms with Crippen molar-refractivity contribution in [1.29, 1.82) is 0 Å². The minimum atomic E-state index is -0.134. The molecule has 0 fully saturated rings. The zero-order valence-corrected chi connectivity index (χ0v) is 9.45. The van der Waals surface area contributed by atoms with Crippen molar-refractivity contribution in [1.82, 2.24) is 0 Å². The number of carbonyl (C=O) groups is 1.